The first-order valence-electron chi connectivity index (χ1n) is 5.98. The lowest BCUT2D eigenvalue weighted by Crippen LogP contribution is -2.30. The molecule has 1 atom stereocenters. The van der Waals surface area contributed by atoms with E-state index in [-0.39, 0.29) is 36.6 Å². The van der Waals surface area contributed by atoms with Crippen molar-refractivity contribution in [2.75, 3.05) is 17.7 Å². The molecule has 1 aromatic heterocycles. The normalized spacial score (nSPS) is 12.8. The van der Waals surface area contributed by atoms with Gasteiger partial charge in [-0.05, 0) is 19.8 Å². The molecule has 0 bridgehead atoms. The van der Waals surface area contributed by atoms with Gasteiger partial charge in [-0.3, -0.25) is 0 Å². The highest BCUT2D eigenvalue weighted by atomic mass is 16.5. The van der Waals surface area contributed by atoms with Gasteiger partial charge in [-0.1, -0.05) is 13.8 Å². The van der Waals surface area contributed by atoms with Gasteiger partial charge in [0.05, 0.1) is 18.8 Å². The van der Waals surface area contributed by atoms with Crippen molar-refractivity contribution >= 4 is 11.9 Å². The molecule has 0 radical (unpaired) electrons. The van der Waals surface area contributed by atoms with Crippen LogP contribution in [0.1, 0.15) is 27.7 Å². The number of aliphatic hydroxyl groups is 1. The molecule has 0 fully saturated rings. The molecule has 0 amide bonds. The molecule has 0 aliphatic heterocycles. The Labute approximate surface area is 107 Å². The molecule has 7 heteroatoms. The summed E-state index contributed by atoms with van der Waals surface area (Å²) in [6.45, 7) is 7.72. The third-order valence-electron chi connectivity index (χ3n) is 2.29. The summed E-state index contributed by atoms with van der Waals surface area (Å²) in [5, 5.41) is 12.3. The van der Waals surface area contributed by atoms with E-state index < -0.39 is 0 Å². The van der Waals surface area contributed by atoms with E-state index in [1.165, 1.54) is 0 Å². The maximum atomic E-state index is 9.25. The Morgan fingerprint density at radius 2 is 1.89 bits per heavy atom. The predicted molar refractivity (Wildman–Crippen MR) is 69.3 cm³/mol. The Kier molecular flexibility index (Phi) is 5.08. The summed E-state index contributed by atoms with van der Waals surface area (Å²) >= 11 is 0. The molecule has 18 heavy (non-hydrogen) atoms. The van der Waals surface area contributed by atoms with E-state index in [4.69, 9.17) is 10.5 Å². The van der Waals surface area contributed by atoms with Crippen LogP contribution < -0.4 is 15.8 Å². The van der Waals surface area contributed by atoms with Crippen LogP contribution >= 0.6 is 0 Å². The molecular weight excluding hydrogens is 234 g/mol. The summed E-state index contributed by atoms with van der Waals surface area (Å²) in [4.78, 5) is 11.9. The van der Waals surface area contributed by atoms with E-state index in [1.54, 1.807) is 0 Å². The van der Waals surface area contributed by atoms with E-state index in [0.29, 0.717) is 5.95 Å². The SMILES string of the molecule is CC(C)Oc1nc(N)nc(NC(CO)C(C)C)n1. The first kappa shape index (κ1) is 14.4. The van der Waals surface area contributed by atoms with Crippen LogP contribution in [0, 0.1) is 5.92 Å². The lowest BCUT2D eigenvalue weighted by atomic mass is 10.1. The van der Waals surface area contributed by atoms with E-state index >= 15 is 0 Å². The van der Waals surface area contributed by atoms with E-state index in [2.05, 4.69) is 20.3 Å². The van der Waals surface area contributed by atoms with Crippen LogP contribution in [0.2, 0.25) is 0 Å². The number of nitrogens with two attached hydrogens (primary N) is 1. The molecule has 0 saturated heterocycles. The van der Waals surface area contributed by atoms with Crippen molar-refractivity contribution in [1.29, 1.82) is 0 Å². The number of hydrogen-bond donors (Lipinski definition) is 3. The lowest BCUT2D eigenvalue weighted by Gasteiger charge is -2.20. The minimum Gasteiger partial charge on any atom is -0.461 e. The topological polar surface area (TPSA) is 106 Å². The van der Waals surface area contributed by atoms with Gasteiger partial charge in [-0.15, -0.1) is 0 Å². The van der Waals surface area contributed by atoms with Crippen LogP contribution in [0.15, 0.2) is 0 Å². The molecular formula is C11H21N5O2. The van der Waals surface area contributed by atoms with Crippen molar-refractivity contribution in [3.63, 3.8) is 0 Å². The van der Waals surface area contributed by atoms with Gasteiger partial charge in [0.1, 0.15) is 0 Å². The van der Waals surface area contributed by atoms with Crippen LogP contribution in [-0.2, 0) is 0 Å². The van der Waals surface area contributed by atoms with Crippen LogP contribution in [-0.4, -0.2) is 38.8 Å². The molecule has 1 unspecified atom stereocenters. The molecule has 7 nitrogen and oxygen atoms in total. The van der Waals surface area contributed by atoms with E-state index in [9.17, 15) is 5.11 Å². The molecule has 1 aromatic rings. The summed E-state index contributed by atoms with van der Waals surface area (Å²) < 4.78 is 5.37. The molecule has 0 aliphatic rings. The van der Waals surface area contributed by atoms with Gasteiger partial charge in [0, 0.05) is 0 Å². The predicted octanol–water partition coefficient (Wildman–Crippen LogP) is 0.670. The monoisotopic (exact) mass is 255 g/mol. The standard InChI is InChI=1S/C11H21N5O2/c1-6(2)8(5-17)13-10-14-9(12)15-11(16-10)18-7(3)4/h6-8,17H,5H2,1-4H3,(H3,12,13,14,15,16). The summed E-state index contributed by atoms with van der Waals surface area (Å²) in [5.74, 6) is 0.636. The lowest BCUT2D eigenvalue weighted by molar-refractivity contribution is 0.221. The number of aromatic nitrogens is 3. The maximum Gasteiger partial charge on any atom is 0.323 e. The van der Waals surface area contributed by atoms with E-state index in [0.717, 1.165) is 0 Å². The van der Waals surface area contributed by atoms with Crippen LogP contribution in [0.4, 0.5) is 11.9 Å². The van der Waals surface area contributed by atoms with Gasteiger partial charge in [-0.2, -0.15) is 15.0 Å². The zero-order chi connectivity index (χ0) is 13.7. The highest BCUT2D eigenvalue weighted by Gasteiger charge is 2.15. The molecule has 0 spiro atoms. The zero-order valence-corrected chi connectivity index (χ0v) is 11.2. The quantitative estimate of drug-likeness (QED) is 0.685. The Hall–Kier alpha value is -1.63. The van der Waals surface area contributed by atoms with E-state index in [1.807, 2.05) is 27.7 Å². The summed E-state index contributed by atoms with van der Waals surface area (Å²) in [7, 11) is 0. The first-order valence-corrected chi connectivity index (χ1v) is 5.98. The summed E-state index contributed by atoms with van der Waals surface area (Å²) in [6.07, 6.45) is -0.0432. The van der Waals surface area contributed by atoms with Crippen molar-refractivity contribution in [2.45, 2.75) is 39.8 Å². The van der Waals surface area contributed by atoms with Crippen molar-refractivity contribution in [3.8, 4) is 6.01 Å². The molecule has 102 valence electrons. The molecule has 1 heterocycles. The molecule has 0 aliphatic carbocycles. The smallest absolute Gasteiger partial charge is 0.323 e. The van der Waals surface area contributed by atoms with Gasteiger partial charge in [0.25, 0.3) is 0 Å². The van der Waals surface area contributed by atoms with Gasteiger partial charge in [0.2, 0.25) is 11.9 Å². The average Bonchev–Trinajstić information content (AvgIpc) is 2.23. The second kappa shape index (κ2) is 6.34. The molecule has 4 N–H and O–H groups in total. The number of ether oxygens (including phenoxy) is 1. The van der Waals surface area contributed by atoms with Gasteiger partial charge in [-0.25, -0.2) is 0 Å². The number of nitrogens with one attached hydrogen (secondary N) is 1. The number of nitrogen functional groups attached to an aromatic ring is 1. The largest absolute Gasteiger partial charge is 0.461 e. The third kappa shape index (κ3) is 4.33. The molecule has 0 saturated carbocycles. The summed E-state index contributed by atoms with van der Waals surface area (Å²) in [5.41, 5.74) is 5.58. The molecule has 0 aromatic carbocycles. The van der Waals surface area contributed by atoms with Crippen molar-refractivity contribution < 1.29 is 9.84 Å². The Morgan fingerprint density at radius 3 is 2.39 bits per heavy atom. The van der Waals surface area contributed by atoms with Gasteiger partial charge >= 0.3 is 6.01 Å². The van der Waals surface area contributed by atoms with Gasteiger partial charge < -0.3 is 20.9 Å². The van der Waals surface area contributed by atoms with Crippen molar-refractivity contribution in [2.24, 2.45) is 5.92 Å². The maximum absolute atomic E-state index is 9.25. The van der Waals surface area contributed by atoms with Crippen LogP contribution in [0.3, 0.4) is 0 Å². The number of anilines is 2. The fraction of sp³-hybridized carbons (Fsp3) is 0.727. The summed E-state index contributed by atoms with van der Waals surface area (Å²) in [6, 6.07) is 0.0409. The average molecular weight is 255 g/mol. The highest BCUT2D eigenvalue weighted by Crippen LogP contribution is 2.13. The minimum atomic E-state index is -0.140. The second-order valence-corrected chi connectivity index (χ2v) is 4.64. The van der Waals surface area contributed by atoms with Gasteiger partial charge in [0.15, 0.2) is 0 Å². The number of hydrogen-bond acceptors (Lipinski definition) is 7. The fourth-order valence-electron chi connectivity index (χ4n) is 1.29. The first-order chi connectivity index (χ1) is 8.42. The molecule has 1 rings (SSSR count). The number of nitrogens with zero attached hydrogens (tertiary/aromatic N) is 3. The Bertz CT molecular complexity index is 384. The van der Waals surface area contributed by atoms with Crippen molar-refractivity contribution in [3.05, 3.63) is 0 Å². The van der Waals surface area contributed by atoms with Crippen LogP contribution in [0.5, 0.6) is 6.01 Å². The highest BCUT2D eigenvalue weighted by molar-refractivity contribution is 5.33. The minimum absolute atomic E-state index is 0.0103. The third-order valence-corrected chi connectivity index (χ3v) is 2.29. The Balaban J connectivity index is 2.85. The zero-order valence-electron chi connectivity index (χ0n) is 11.2. The van der Waals surface area contributed by atoms with Crippen molar-refractivity contribution in [1.82, 2.24) is 15.0 Å². The fourth-order valence-corrected chi connectivity index (χ4v) is 1.29. The number of aliphatic hydroxyl groups excluding tert-OH is 1. The number of rotatable bonds is 6. The Morgan fingerprint density at radius 1 is 1.22 bits per heavy atom. The van der Waals surface area contributed by atoms with Crippen LogP contribution in [0.25, 0.3) is 0 Å². The second-order valence-electron chi connectivity index (χ2n) is 4.64.